The SMILES string of the molecule is CC1(C)c2cc(-c3c4ccccc4c(-c4cccc(F)c4)c4ccccc34)ccc2-c2ccc(-c3c4ccccc4c(-c4c5ccccc5c(-c5cccc(F)c5)c5ccccc45)c4ccccc34)cc21. The van der Waals surface area contributed by atoms with Crippen LogP contribution in [0, 0.1) is 11.6 Å². The van der Waals surface area contributed by atoms with E-state index in [0.29, 0.717) is 0 Å². The first kappa shape index (κ1) is 41.3. The highest BCUT2D eigenvalue weighted by Gasteiger charge is 2.36. The number of rotatable bonds is 5. The third kappa shape index (κ3) is 6.14. The zero-order chi connectivity index (χ0) is 47.5. The van der Waals surface area contributed by atoms with Crippen LogP contribution in [0.1, 0.15) is 25.0 Å². The Morgan fingerprint density at radius 1 is 0.239 bits per heavy atom. The van der Waals surface area contributed by atoms with Crippen molar-refractivity contribution in [3.05, 3.63) is 253 Å². The lowest BCUT2D eigenvalue weighted by atomic mass is 9.79. The molecule has 13 aromatic rings. The van der Waals surface area contributed by atoms with Crippen molar-refractivity contribution in [1.82, 2.24) is 0 Å². The zero-order valence-electron chi connectivity index (χ0n) is 39.2. The van der Waals surface area contributed by atoms with Gasteiger partial charge in [-0.15, -0.1) is 0 Å². The van der Waals surface area contributed by atoms with Gasteiger partial charge in [-0.05, 0) is 179 Å². The van der Waals surface area contributed by atoms with E-state index in [-0.39, 0.29) is 17.0 Å². The Morgan fingerprint density at radius 3 is 0.732 bits per heavy atom. The monoisotopic (exact) mass is 910 g/mol. The van der Waals surface area contributed by atoms with Gasteiger partial charge >= 0.3 is 0 Å². The summed E-state index contributed by atoms with van der Waals surface area (Å²) in [5.41, 5.74) is 15.8. The molecule has 0 N–H and O–H groups in total. The number of hydrogen-bond donors (Lipinski definition) is 0. The Balaban J connectivity index is 0.958. The average Bonchev–Trinajstić information content (AvgIpc) is 3.63. The Hall–Kier alpha value is -8.72. The highest BCUT2D eigenvalue weighted by Crippen LogP contribution is 2.55. The molecule has 0 fully saturated rings. The molecule has 0 radical (unpaired) electrons. The lowest BCUT2D eigenvalue weighted by Crippen LogP contribution is -2.15. The molecule has 0 saturated carbocycles. The molecular weight excluding hydrogens is 867 g/mol. The van der Waals surface area contributed by atoms with Crippen molar-refractivity contribution in [2.45, 2.75) is 19.3 Å². The molecule has 0 bridgehead atoms. The van der Waals surface area contributed by atoms with Gasteiger partial charge in [0.2, 0.25) is 0 Å². The third-order valence-corrected chi connectivity index (χ3v) is 15.5. The van der Waals surface area contributed by atoms with E-state index in [9.17, 15) is 8.78 Å². The van der Waals surface area contributed by atoms with Gasteiger partial charge in [0.05, 0.1) is 0 Å². The van der Waals surface area contributed by atoms with E-state index in [4.69, 9.17) is 0 Å². The number of benzene rings is 13. The van der Waals surface area contributed by atoms with Crippen LogP contribution in [-0.4, -0.2) is 0 Å². The highest BCUT2D eigenvalue weighted by molar-refractivity contribution is 6.30. The molecule has 14 rings (SSSR count). The van der Waals surface area contributed by atoms with Crippen LogP contribution in [0.15, 0.2) is 231 Å². The second kappa shape index (κ2) is 15.7. The summed E-state index contributed by atoms with van der Waals surface area (Å²) < 4.78 is 29.7. The summed E-state index contributed by atoms with van der Waals surface area (Å²) in [4.78, 5) is 0. The summed E-state index contributed by atoms with van der Waals surface area (Å²) in [5.74, 6) is -0.488. The summed E-state index contributed by atoms with van der Waals surface area (Å²) in [6.45, 7) is 4.75. The Labute approximate surface area is 410 Å². The predicted octanol–water partition coefficient (Wildman–Crippen LogP) is 19.5. The fraction of sp³-hybridized carbons (Fsp3) is 0.0435. The van der Waals surface area contributed by atoms with Crippen molar-refractivity contribution in [3.63, 3.8) is 0 Å². The molecule has 0 spiro atoms. The summed E-state index contributed by atoms with van der Waals surface area (Å²) in [7, 11) is 0. The second-order valence-electron chi connectivity index (χ2n) is 19.7. The van der Waals surface area contributed by atoms with Crippen LogP contribution in [0.25, 0.3) is 131 Å². The first-order valence-electron chi connectivity index (χ1n) is 24.5. The van der Waals surface area contributed by atoms with E-state index in [2.05, 4.69) is 196 Å². The molecule has 0 amide bonds. The predicted molar refractivity (Wildman–Crippen MR) is 296 cm³/mol. The van der Waals surface area contributed by atoms with Crippen LogP contribution in [0.5, 0.6) is 0 Å². The lowest BCUT2D eigenvalue weighted by Gasteiger charge is -2.24. The average molecular weight is 911 g/mol. The van der Waals surface area contributed by atoms with Crippen molar-refractivity contribution < 1.29 is 8.78 Å². The summed E-state index contributed by atoms with van der Waals surface area (Å²) in [6.07, 6.45) is 0. The fourth-order valence-electron chi connectivity index (χ4n) is 12.5. The van der Waals surface area contributed by atoms with Crippen LogP contribution in [0.4, 0.5) is 8.78 Å². The Morgan fingerprint density at radius 2 is 0.479 bits per heavy atom. The van der Waals surface area contributed by atoms with Gasteiger partial charge in [0.15, 0.2) is 0 Å². The molecule has 0 saturated heterocycles. The van der Waals surface area contributed by atoms with E-state index in [1.54, 1.807) is 24.3 Å². The van der Waals surface area contributed by atoms with Crippen LogP contribution in [0.2, 0.25) is 0 Å². The zero-order valence-corrected chi connectivity index (χ0v) is 39.2. The van der Waals surface area contributed by atoms with Gasteiger partial charge in [-0.3, -0.25) is 0 Å². The molecule has 0 aromatic heterocycles. The van der Waals surface area contributed by atoms with E-state index >= 15 is 0 Å². The summed E-state index contributed by atoms with van der Waals surface area (Å²) in [6, 6.07) is 80.4. The van der Waals surface area contributed by atoms with Gasteiger partial charge < -0.3 is 0 Å². The molecule has 2 heteroatoms. The molecule has 0 nitrogen and oxygen atoms in total. The Kier molecular flexibility index (Phi) is 9.10. The van der Waals surface area contributed by atoms with Crippen molar-refractivity contribution in [3.8, 4) is 66.8 Å². The third-order valence-electron chi connectivity index (χ3n) is 15.5. The topological polar surface area (TPSA) is 0 Å². The smallest absolute Gasteiger partial charge is 0.123 e. The first-order valence-corrected chi connectivity index (χ1v) is 24.5. The van der Waals surface area contributed by atoms with Crippen molar-refractivity contribution in [2.24, 2.45) is 0 Å². The van der Waals surface area contributed by atoms with Gasteiger partial charge in [-0.2, -0.15) is 0 Å². The molecule has 1 aliphatic carbocycles. The van der Waals surface area contributed by atoms with E-state index < -0.39 is 0 Å². The van der Waals surface area contributed by atoms with Gasteiger partial charge in [0.1, 0.15) is 11.6 Å². The standard InChI is InChI=1S/C69H44F2/c1-69(2)61-39-43(65-51-23-5-3-21-49(51)63(41-17-15-19-45(70)37-41)50-22-4-6-24-52(50)65)33-35-47(61)48-36-34-44(40-62(48)69)66-55-27-9-13-31-59(55)68(60-32-14-10-28-56(60)66)67-57-29-11-7-25-53(57)64(42-18-16-20-46(71)38-42)54-26-8-12-30-58(54)67/h3-40H,1-2H3. The van der Waals surface area contributed by atoms with Crippen LogP contribution in [0.3, 0.4) is 0 Å². The van der Waals surface area contributed by atoms with Crippen LogP contribution in [-0.2, 0) is 5.41 Å². The maximum Gasteiger partial charge on any atom is 0.123 e. The van der Waals surface area contributed by atoms with E-state index in [0.717, 1.165) is 65.3 Å². The van der Waals surface area contributed by atoms with E-state index in [1.165, 1.54) is 89.3 Å². The fourth-order valence-corrected chi connectivity index (χ4v) is 12.5. The van der Waals surface area contributed by atoms with Gasteiger partial charge in [-0.25, -0.2) is 8.78 Å². The minimum Gasteiger partial charge on any atom is -0.207 e. The Bertz CT molecular complexity index is 4230. The largest absolute Gasteiger partial charge is 0.207 e. The maximum atomic E-state index is 14.9. The molecule has 0 aliphatic heterocycles. The highest BCUT2D eigenvalue weighted by atomic mass is 19.1. The quantitative estimate of drug-likeness (QED) is 0.151. The van der Waals surface area contributed by atoms with Gasteiger partial charge in [-0.1, -0.05) is 208 Å². The number of hydrogen-bond acceptors (Lipinski definition) is 0. The number of fused-ring (bicyclic) bond motifs is 9. The number of halogens is 2. The summed E-state index contributed by atoms with van der Waals surface area (Å²) in [5, 5.41) is 13.7. The second-order valence-corrected chi connectivity index (χ2v) is 19.7. The van der Waals surface area contributed by atoms with E-state index in [1.807, 2.05) is 12.1 Å². The van der Waals surface area contributed by atoms with Crippen molar-refractivity contribution >= 4 is 64.6 Å². The van der Waals surface area contributed by atoms with Crippen molar-refractivity contribution in [1.29, 1.82) is 0 Å². The molecule has 0 unspecified atom stereocenters. The maximum absolute atomic E-state index is 14.9. The molecular formula is C69H44F2. The van der Waals surface area contributed by atoms with Crippen LogP contribution < -0.4 is 0 Å². The first-order chi connectivity index (χ1) is 34.8. The molecule has 1 aliphatic rings. The van der Waals surface area contributed by atoms with Gasteiger partial charge in [0.25, 0.3) is 0 Å². The van der Waals surface area contributed by atoms with Crippen LogP contribution >= 0.6 is 0 Å². The molecule has 71 heavy (non-hydrogen) atoms. The molecule has 0 heterocycles. The molecule has 0 atom stereocenters. The molecule has 334 valence electrons. The summed E-state index contributed by atoms with van der Waals surface area (Å²) >= 11 is 0. The van der Waals surface area contributed by atoms with Gasteiger partial charge in [0, 0.05) is 5.41 Å². The minimum absolute atomic E-state index is 0.241. The minimum atomic E-state index is -0.309. The normalized spacial score (nSPS) is 12.9. The lowest BCUT2D eigenvalue weighted by molar-refractivity contribution is 0.628. The molecule has 13 aromatic carbocycles. The van der Waals surface area contributed by atoms with Crippen molar-refractivity contribution in [2.75, 3.05) is 0 Å².